The highest BCUT2D eigenvalue weighted by molar-refractivity contribution is 5.71. The molecule has 2 rings (SSSR count). The summed E-state index contributed by atoms with van der Waals surface area (Å²) in [7, 11) is 0. The molecule has 2 aromatic rings. The number of carbonyl (C=O) groups is 1. The van der Waals surface area contributed by atoms with Gasteiger partial charge in [-0.1, -0.05) is 36.4 Å². The maximum absolute atomic E-state index is 11.2. The number of nitrogens with two attached hydrogens (primary N) is 1. The van der Waals surface area contributed by atoms with Gasteiger partial charge in [-0.05, 0) is 42.3 Å². The Bertz CT molecular complexity index is 630. The van der Waals surface area contributed by atoms with Gasteiger partial charge in [0, 0.05) is 5.69 Å². The first-order valence-electron chi connectivity index (χ1n) is 7.09. The van der Waals surface area contributed by atoms with Gasteiger partial charge in [0.15, 0.2) is 6.61 Å². The molecule has 4 heteroatoms. The first-order valence-corrected chi connectivity index (χ1v) is 7.09. The molecule has 2 N–H and O–H groups in total. The zero-order valence-electron chi connectivity index (χ0n) is 12.5. The maximum Gasteiger partial charge on any atom is 0.344 e. The fourth-order valence-electron chi connectivity index (χ4n) is 1.82. The summed E-state index contributed by atoms with van der Waals surface area (Å²) < 4.78 is 10.1. The van der Waals surface area contributed by atoms with Crippen molar-refractivity contribution in [1.82, 2.24) is 0 Å². The van der Waals surface area contributed by atoms with Crippen molar-refractivity contribution in [2.75, 3.05) is 18.9 Å². The molecule has 0 aromatic heterocycles. The lowest BCUT2D eigenvalue weighted by Crippen LogP contribution is -2.14. The van der Waals surface area contributed by atoms with E-state index in [9.17, 15) is 4.79 Å². The third-order valence-corrected chi connectivity index (χ3v) is 2.95. The topological polar surface area (TPSA) is 61.5 Å². The summed E-state index contributed by atoms with van der Waals surface area (Å²) in [5.74, 6) is 0.271. The number of carbonyl (C=O) groups excluding carboxylic acids is 1. The van der Waals surface area contributed by atoms with Crippen molar-refractivity contribution in [2.45, 2.75) is 6.92 Å². The van der Waals surface area contributed by atoms with Crippen molar-refractivity contribution >= 4 is 23.8 Å². The van der Waals surface area contributed by atoms with Crippen molar-refractivity contribution in [3.8, 4) is 5.75 Å². The lowest BCUT2D eigenvalue weighted by atomic mass is 10.1. The zero-order valence-corrected chi connectivity index (χ0v) is 12.5. The molecule has 0 fully saturated rings. The van der Waals surface area contributed by atoms with E-state index >= 15 is 0 Å². The summed E-state index contributed by atoms with van der Waals surface area (Å²) in [5.41, 5.74) is 8.52. The summed E-state index contributed by atoms with van der Waals surface area (Å²) in [6, 6.07) is 15.1. The van der Waals surface area contributed by atoms with Crippen molar-refractivity contribution in [3.63, 3.8) is 0 Å². The zero-order chi connectivity index (χ0) is 15.8. The summed E-state index contributed by atoms with van der Waals surface area (Å²) in [4.78, 5) is 11.2. The fourth-order valence-corrected chi connectivity index (χ4v) is 1.82. The molecule has 22 heavy (non-hydrogen) atoms. The van der Waals surface area contributed by atoms with Gasteiger partial charge >= 0.3 is 5.97 Å². The Kier molecular flexibility index (Phi) is 5.60. The molecule has 0 spiro atoms. The Labute approximate surface area is 130 Å². The molecule has 0 amide bonds. The Morgan fingerprint density at radius 2 is 1.55 bits per heavy atom. The Hall–Kier alpha value is -2.75. The minimum Gasteiger partial charge on any atom is -0.482 e. The van der Waals surface area contributed by atoms with E-state index in [1.165, 1.54) is 0 Å². The minimum atomic E-state index is -0.366. The highest BCUT2D eigenvalue weighted by Crippen LogP contribution is 2.15. The van der Waals surface area contributed by atoms with Crippen LogP contribution in [0.3, 0.4) is 0 Å². The summed E-state index contributed by atoms with van der Waals surface area (Å²) in [5, 5.41) is 0. The van der Waals surface area contributed by atoms with Crippen LogP contribution in [-0.2, 0) is 9.53 Å². The molecule has 0 heterocycles. The number of rotatable bonds is 6. The van der Waals surface area contributed by atoms with E-state index in [2.05, 4.69) is 0 Å². The average Bonchev–Trinajstić information content (AvgIpc) is 2.54. The van der Waals surface area contributed by atoms with E-state index in [-0.39, 0.29) is 12.6 Å². The van der Waals surface area contributed by atoms with E-state index in [0.29, 0.717) is 12.4 Å². The molecule has 2 aromatic carbocycles. The van der Waals surface area contributed by atoms with Gasteiger partial charge in [-0.2, -0.15) is 0 Å². The van der Waals surface area contributed by atoms with Crippen LogP contribution in [0.25, 0.3) is 12.2 Å². The third-order valence-electron chi connectivity index (χ3n) is 2.95. The standard InChI is InChI=1S/C18H19NO3/c1-2-21-18(20)13-22-17-11-7-15(8-12-17)4-3-14-5-9-16(19)10-6-14/h3-12H,2,13,19H2,1H3. The molecule has 4 nitrogen and oxygen atoms in total. The van der Waals surface area contributed by atoms with E-state index < -0.39 is 0 Å². The highest BCUT2D eigenvalue weighted by Gasteiger charge is 2.02. The van der Waals surface area contributed by atoms with Gasteiger partial charge < -0.3 is 15.2 Å². The number of hydrogen-bond acceptors (Lipinski definition) is 4. The van der Waals surface area contributed by atoms with E-state index in [1.807, 2.05) is 60.7 Å². The number of esters is 1. The van der Waals surface area contributed by atoms with Gasteiger partial charge in [0.2, 0.25) is 0 Å². The van der Waals surface area contributed by atoms with Crippen molar-refractivity contribution in [3.05, 3.63) is 59.7 Å². The normalized spacial score (nSPS) is 10.6. The molecular weight excluding hydrogens is 278 g/mol. The van der Waals surface area contributed by atoms with Crippen LogP contribution in [-0.4, -0.2) is 19.2 Å². The van der Waals surface area contributed by atoms with Gasteiger partial charge in [0.25, 0.3) is 0 Å². The molecule has 0 aliphatic heterocycles. The predicted octanol–water partition coefficient (Wildman–Crippen LogP) is 3.38. The molecule has 0 bridgehead atoms. The third kappa shape index (κ3) is 4.98. The summed E-state index contributed by atoms with van der Waals surface area (Å²) in [6.45, 7) is 2.05. The number of anilines is 1. The molecule has 0 saturated carbocycles. The molecule has 0 saturated heterocycles. The molecule has 0 atom stereocenters. The lowest BCUT2D eigenvalue weighted by molar-refractivity contribution is -0.145. The second kappa shape index (κ2) is 7.88. The average molecular weight is 297 g/mol. The van der Waals surface area contributed by atoms with Crippen LogP contribution in [0.2, 0.25) is 0 Å². The van der Waals surface area contributed by atoms with E-state index in [0.717, 1.165) is 16.8 Å². The van der Waals surface area contributed by atoms with Crippen LogP contribution in [0, 0.1) is 0 Å². The second-order valence-electron chi connectivity index (χ2n) is 4.66. The number of hydrogen-bond donors (Lipinski definition) is 1. The molecule has 114 valence electrons. The molecule has 0 radical (unpaired) electrons. The lowest BCUT2D eigenvalue weighted by Gasteiger charge is -2.05. The van der Waals surface area contributed by atoms with Crippen molar-refractivity contribution in [1.29, 1.82) is 0 Å². The Morgan fingerprint density at radius 3 is 2.09 bits per heavy atom. The van der Waals surface area contributed by atoms with Crippen LogP contribution in [0.5, 0.6) is 5.75 Å². The van der Waals surface area contributed by atoms with Crippen LogP contribution < -0.4 is 10.5 Å². The summed E-state index contributed by atoms with van der Waals surface area (Å²) >= 11 is 0. The number of benzene rings is 2. The smallest absolute Gasteiger partial charge is 0.344 e. The van der Waals surface area contributed by atoms with Gasteiger partial charge in [0.05, 0.1) is 6.61 Å². The monoisotopic (exact) mass is 297 g/mol. The van der Waals surface area contributed by atoms with Crippen LogP contribution in [0.15, 0.2) is 48.5 Å². The van der Waals surface area contributed by atoms with Crippen molar-refractivity contribution < 1.29 is 14.3 Å². The maximum atomic E-state index is 11.2. The van der Waals surface area contributed by atoms with Crippen molar-refractivity contribution in [2.24, 2.45) is 0 Å². The minimum absolute atomic E-state index is 0.0749. The SMILES string of the molecule is CCOC(=O)COc1ccc(C=Cc2ccc(N)cc2)cc1. The first-order chi connectivity index (χ1) is 10.7. The first kappa shape index (κ1) is 15.6. The van der Waals surface area contributed by atoms with Gasteiger partial charge in [-0.3, -0.25) is 0 Å². The second-order valence-corrected chi connectivity index (χ2v) is 4.66. The molecule has 0 aliphatic carbocycles. The largest absolute Gasteiger partial charge is 0.482 e. The Morgan fingerprint density at radius 1 is 1.00 bits per heavy atom. The number of ether oxygens (including phenoxy) is 2. The molecule has 0 aliphatic rings. The number of nitrogen functional groups attached to an aromatic ring is 1. The van der Waals surface area contributed by atoms with Crippen LogP contribution >= 0.6 is 0 Å². The van der Waals surface area contributed by atoms with Crippen LogP contribution in [0.4, 0.5) is 5.69 Å². The van der Waals surface area contributed by atoms with E-state index in [1.54, 1.807) is 6.92 Å². The summed E-state index contributed by atoms with van der Waals surface area (Å²) in [6.07, 6.45) is 4.01. The molecule has 0 unspecified atom stereocenters. The molecular formula is C18H19NO3. The highest BCUT2D eigenvalue weighted by atomic mass is 16.6. The Balaban J connectivity index is 1.91. The van der Waals surface area contributed by atoms with Crippen LogP contribution in [0.1, 0.15) is 18.1 Å². The van der Waals surface area contributed by atoms with Gasteiger partial charge in [-0.15, -0.1) is 0 Å². The van der Waals surface area contributed by atoms with Gasteiger partial charge in [0.1, 0.15) is 5.75 Å². The fraction of sp³-hybridized carbons (Fsp3) is 0.167. The predicted molar refractivity (Wildman–Crippen MR) is 88.4 cm³/mol. The quantitative estimate of drug-likeness (QED) is 0.504. The van der Waals surface area contributed by atoms with E-state index in [4.69, 9.17) is 15.2 Å². The van der Waals surface area contributed by atoms with Gasteiger partial charge in [-0.25, -0.2) is 4.79 Å².